The van der Waals surface area contributed by atoms with Gasteiger partial charge in [-0.15, -0.1) is 0 Å². The summed E-state index contributed by atoms with van der Waals surface area (Å²) in [5, 5.41) is 0. The smallest absolute Gasteiger partial charge is 0.102 e. The summed E-state index contributed by atoms with van der Waals surface area (Å²) in [4.78, 5) is 13.8. The summed E-state index contributed by atoms with van der Waals surface area (Å²) in [5.74, 6) is 0. The van der Waals surface area contributed by atoms with Crippen molar-refractivity contribution in [1.29, 1.82) is 0 Å². The summed E-state index contributed by atoms with van der Waals surface area (Å²) in [6.07, 6.45) is 6.26. The first-order valence-corrected chi connectivity index (χ1v) is 7.41. The van der Waals surface area contributed by atoms with Gasteiger partial charge in [-0.25, -0.2) is 0 Å². The third kappa shape index (κ3) is 3.11. The third-order valence-corrected chi connectivity index (χ3v) is 3.86. The van der Waals surface area contributed by atoms with Crippen LogP contribution in [0.2, 0.25) is 0 Å². The van der Waals surface area contributed by atoms with Crippen LogP contribution in [0.25, 0.3) is 0 Å². The van der Waals surface area contributed by atoms with Gasteiger partial charge in [0.1, 0.15) is 5.41 Å². The van der Waals surface area contributed by atoms with Gasteiger partial charge in [0.25, 0.3) is 0 Å². The van der Waals surface area contributed by atoms with Crippen molar-refractivity contribution in [1.82, 2.24) is 15.0 Å². The lowest BCUT2D eigenvalue weighted by Gasteiger charge is -2.31. The van der Waals surface area contributed by atoms with Crippen molar-refractivity contribution in [3.8, 4) is 0 Å². The van der Waals surface area contributed by atoms with Crippen molar-refractivity contribution in [2.24, 2.45) is 0 Å². The summed E-state index contributed by atoms with van der Waals surface area (Å²) in [5.41, 5.74) is 6.46. The van der Waals surface area contributed by atoms with Gasteiger partial charge in [-0.3, -0.25) is 15.0 Å². The minimum atomic E-state index is -0.467. The molecule has 4 N–H and O–H groups in total. The Morgan fingerprint density at radius 2 is 1.09 bits per heavy atom. The first-order chi connectivity index (χ1) is 10.9. The zero-order valence-corrected chi connectivity index (χ0v) is 12.8. The molecule has 0 aliphatic heterocycles. The molecule has 0 bridgehead atoms. The van der Waals surface area contributed by atoms with Crippen LogP contribution in [0.1, 0.15) is 23.5 Å². The van der Waals surface area contributed by atoms with E-state index in [4.69, 9.17) is 0 Å². The topological polar surface area (TPSA) is 96.3 Å². The molecule has 3 aromatic heterocycles. The largest absolute Gasteiger partial charge is 0.870 e. The van der Waals surface area contributed by atoms with E-state index in [0.717, 1.165) is 30.0 Å². The minimum absolute atomic E-state index is 0. The van der Waals surface area contributed by atoms with Crippen molar-refractivity contribution in [2.45, 2.75) is 11.8 Å². The van der Waals surface area contributed by atoms with E-state index in [2.05, 4.69) is 20.7 Å². The molecule has 0 aromatic carbocycles. The molecule has 0 atom stereocenters. The summed E-state index contributed by atoms with van der Waals surface area (Å²) >= 11 is 0. The number of rotatable bonds is 5. The Balaban J connectivity index is 0.00000192. The molecule has 3 heterocycles. The maximum atomic E-state index is 4.61. The van der Waals surface area contributed by atoms with Gasteiger partial charge in [0.05, 0.1) is 23.6 Å². The molecule has 0 amide bonds. The number of hydrogen-bond acceptors (Lipinski definition) is 4. The van der Waals surface area contributed by atoms with Crippen molar-refractivity contribution in [3.63, 3.8) is 0 Å². The van der Waals surface area contributed by atoms with Crippen LogP contribution in [0.5, 0.6) is 0 Å². The zero-order valence-electron chi connectivity index (χ0n) is 12.8. The first-order valence-electron chi connectivity index (χ1n) is 7.41. The Labute approximate surface area is 135 Å². The second-order valence-electron chi connectivity index (χ2n) is 5.15. The Bertz CT molecular complexity index is 608. The minimum Gasteiger partial charge on any atom is -0.870 e. The summed E-state index contributed by atoms with van der Waals surface area (Å²) < 4.78 is 0. The van der Waals surface area contributed by atoms with Crippen molar-refractivity contribution in [2.75, 3.05) is 6.54 Å². The van der Waals surface area contributed by atoms with Crippen LogP contribution >= 0.6 is 0 Å². The van der Waals surface area contributed by atoms with E-state index >= 15 is 0 Å². The fraction of sp³-hybridized carbons (Fsp3) is 0.167. The molecule has 5 heteroatoms. The van der Waals surface area contributed by atoms with Crippen LogP contribution in [0.3, 0.4) is 0 Å². The van der Waals surface area contributed by atoms with E-state index in [1.807, 2.05) is 73.2 Å². The fourth-order valence-corrected chi connectivity index (χ4v) is 2.89. The van der Waals surface area contributed by atoms with Crippen molar-refractivity contribution >= 4 is 0 Å². The number of nitrogens with zero attached hydrogens (tertiary/aromatic N) is 3. The molecule has 0 saturated carbocycles. The van der Waals surface area contributed by atoms with E-state index in [1.165, 1.54) is 0 Å². The lowest BCUT2D eigenvalue weighted by atomic mass is 9.74. The molecule has 0 fully saturated rings. The highest BCUT2D eigenvalue weighted by atomic mass is 16.0. The van der Waals surface area contributed by atoms with Crippen LogP contribution in [0.15, 0.2) is 73.2 Å². The molecule has 118 valence electrons. The zero-order chi connectivity index (χ0) is 15.3. The molecule has 0 aliphatic rings. The molecule has 5 nitrogen and oxygen atoms in total. The van der Waals surface area contributed by atoms with Gasteiger partial charge < -0.3 is 11.2 Å². The Morgan fingerprint density at radius 3 is 1.35 bits per heavy atom. The molecular formula is C18H20N4O. The number of quaternary nitrogens is 1. The van der Waals surface area contributed by atoms with E-state index in [0.29, 0.717) is 0 Å². The van der Waals surface area contributed by atoms with Crippen LogP contribution in [0, 0.1) is 0 Å². The van der Waals surface area contributed by atoms with Crippen LogP contribution in [-0.4, -0.2) is 27.0 Å². The maximum absolute atomic E-state index is 4.61. The molecule has 23 heavy (non-hydrogen) atoms. The molecule has 0 spiro atoms. The van der Waals surface area contributed by atoms with Gasteiger partial charge >= 0.3 is 0 Å². The van der Waals surface area contributed by atoms with E-state index < -0.39 is 5.41 Å². The summed E-state index contributed by atoms with van der Waals surface area (Å²) in [7, 11) is 0. The lowest BCUT2D eigenvalue weighted by Crippen LogP contribution is -2.53. The van der Waals surface area contributed by atoms with Gasteiger partial charge in [-0.1, -0.05) is 18.2 Å². The van der Waals surface area contributed by atoms with Crippen LogP contribution < -0.4 is 5.73 Å². The molecule has 0 saturated heterocycles. The fourth-order valence-electron chi connectivity index (χ4n) is 2.89. The second kappa shape index (κ2) is 7.58. The Hall–Kier alpha value is -2.63. The van der Waals surface area contributed by atoms with Crippen LogP contribution in [0.4, 0.5) is 0 Å². The van der Waals surface area contributed by atoms with Gasteiger partial charge in [0, 0.05) is 25.0 Å². The average Bonchev–Trinajstić information content (AvgIpc) is 2.62. The molecule has 0 aliphatic carbocycles. The van der Waals surface area contributed by atoms with Crippen molar-refractivity contribution in [3.05, 3.63) is 90.3 Å². The number of aromatic nitrogens is 3. The maximum Gasteiger partial charge on any atom is 0.102 e. The van der Waals surface area contributed by atoms with Crippen LogP contribution in [-0.2, 0) is 5.41 Å². The molecule has 0 unspecified atom stereocenters. The van der Waals surface area contributed by atoms with Gasteiger partial charge in [-0.05, 0) is 36.4 Å². The standard InChI is InChI=1S/C18H18N4.H2O/c19-11-10-18(15-7-1-4-12-20-15,16-8-2-5-13-21-16)17-9-3-6-14-22-17;/h1-9,12-14H,10-11,19H2;1H2. The summed E-state index contributed by atoms with van der Waals surface area (Å²) in [6, 6.07) is 17.9. The molecular weight excluding hydrogens is 288 g/mol. The average molecular weight is 308 g/mol. The third-order valence-electron chi connectivity index (χ3n) is 3.86. The highest BCUT2D eigenvalue weighted by Crippen LogP contribution is 2.38. The number of hydrogen-bond donors (Lipinski definition) is 1. The van der Waals surface area contributed by atoms with Gasteiger partial charge in [0.2, 0.25) is 0 Å². The Kier molecular flexibility index (Phi) is 5.51. The predicted molar refractivity (Wildman–Crippen MR) is 86.9 cm³/mol. The SMILES string of the molecule is [NH3+]CCC(c1ccccn1)(c1ccccn1)c1ccccn1.[OH-]. The molecule has 0 radical (unpaired) electrons. The monoisotopic (exact) mass is 308 g/mol. The highest BCUT2D eigenvalue weighted by Gasteiger charge is 2.40. The second-order valence-corrected chi connectivity index (χ2v) is 5.15. The lowest BCUT2D eigenvalue weighted by molar-refractivity contribution is -0.370. The van der Waals surface area contributed by atoms with Gasteiger partial charge in [-0.2, -0.15) is 0 Å². The Morgan fingerprint density at radius 1 is 0.696 bits per heavy atom. The highest BCUT2D eigenvalue weighted by molar-refractivity contribution is 5.42. The van der Waals surface area contributed by atoms with Crippen molar-refractivity contribution < 1.29 is 11.2 Å². The quantitative estimate of drug-likeness (QED) is 0.775. The normalized spacial score (nSPS) is 10.8. The van der Waals surface area contributed by atoms with Gasteiger partial charge in [0.15, 0.2) is 0 Å². The van der Waals surface area contributed by atoms with E-state index in [9.17, 15) is 0 Å². The summed E-state index contributed by atoms with van der Waals surface area (Å²) in [6.45, 7) is 0.768. The van der Waals surface area contributed by atoms with E-state index in [1.54, 1.807) is 0 Å². The van der Waals surface area contributed by atoms with E-state index in [-0.39, 0.29) is 5.48 Å². The predicted octanol–water partition coefficient (Wildman–Crippen LogP) is 1.66. The molecule has 3 rings (SSSR count). The first kappa shape index (κ1) is 16.7. The number of pyridine rings is 3. The molecule has 3 aromatic rings.